The highest BCUT2D eigenvalue weighted by Crippen LogP contribution is 2.31. The van der Waals surface area contributed by atoms with Crippen molar-refractivity contribution in [1.82, 2.24) is 9.55 Å². The Bertz CT molecular complexity index is 663. The van der Waals surface area contributed by atoms with Gasteiger partial charge in [-0.05, 0) is 29.1 Å². The quantitative estimate of drug-likeness (QED) is 0.569. The fourth-order valence-electron chi connectivity index (χ4n) is 1.94. The first-order valence-corrected chi connectivity index (χ1v) is 5.23. The molecule has 74 valence electrons. The molecule has 1 aromatic rings. The Morgan fingerprint density at radius 2 is 2.07 bits per heavy atom. The summed E-state index contributed by atoms with van der Waals surface area (Å²) in [5, 5.41) is 2.53. The number of H-pyrrole nitrogens is 1. The summed E-state index contributed by atoms with van der Waals surface area (Å²) in [6.45, 7) is 0. The van der Waals surface area contributed by atoms with Crippen LogP contribution in [0, 0.1) is 4.77 Å². The van der Waals surface area contributed by atoms with Gasteiger partial charge in [-0.15, -0.1) is 0 Å². The summed E-state index contributed by atoms with van der Waals surface area (Å²) < 4.78 is 2.68. The molecule has 3 heteroatoms. The maximum atomic E-state index is 5.19. The van der Waals surface area contributed by atoms with E-state index >= 15 is 0 Å². The number of fused-ring (bicyclic) bond motifs is 3. The van der Waals surface area contributed by atoms with Crippen LogP contribution in [0.1, 0.15) is 0 Å². The first kappa shape index (κ1) is 8.68. The van der Waals surface area contributed by atoms with Crippen molar-refractivity contribution in [3.05, 3.63) is 41.3 Å². The summed E-state index contributed by atoms with van der Waals surface area (Å²) in [6, 6.07) is 10.5. The van der Waals surface area contributed by atoms with Crippen molar-refractivity contribution >= 4 is 23.0 Å². The molecule has 3 rings (SSSR count). The average molecular weight is 214 g/mol. The number of aromatic amines is 1. The molecule has 1 aliphatic heterocycles. The highest BCUT2D eigenvalue weighted by Gasteiger charge is 2.09. The number of aromatic nitrogens is 2. The zero-order chi connectivity index (χ0) is 10.4. The number of aryl methyl sites for hydroxylation is 1. The van der Waals surface area contributed by atoms with Crippen molar-refractivity contribution in [2.75, 3.05) is 0 Å². The van der Waals surface area contributed by atoms with Gasteiger partial charge in [-0.3, -0.25) is 0 Å². The zero-order valence-corrected chi connectivity index (χ0v) is 9.14. The van der Waals surface area contributed by atoms with Crippen molar-refractivity contribution in [2.45, 2.75) is 0 Å². The van der Waals surface area contributed by atoms with Gasteiger partial charge in [0.05, 0.1) is 5.69 Å². The van der Waals surface area contributed by atoms with Crippen molar-refractivity contribution < 1.29 is 0 Å². The van der Waals surface area contributed by atoms with Gasteiger partial charge in [0.25, 0.3) is 0 Å². The van der Waals surface area contributed by atoms with E-state index in [9.17, 15) is 0 Å². The second-order valence-electron chi connectivity index (χ2n) is 3.73. The molecule has 0 radical (unpaired) electrons. The zero-order valence-electron chi connectivity index (χ0n) is 8.32. The van der Waals surface area contributed by atoms with Gasteiger partial charge in [-0.2, -0.15) is 0 Å². The Morgan fingerprint density at radius 1 is 1.27 bits per heavy atom. The molecule has 0 saturated carbocycles. The lowest BCUT2D eigenvalue weighted by molar-refractivity contribution is 0.848. The van der Waals surface area contributed by atoms with Crippen LogP contribution in [0.3, 0.4) is 0 Å². The maximum Gasteiger partial charge on any atom is 0.177 e. The molecule has 1 aromatic carbocycles. The molecule has 0 unspecified atom stereocenters. The van der Waals surface area contributed by atoms with Crippen molar-refractivity contribution in [1.29, 1.82) is 0 Å². The average Bonchev–Trinajstić information content (AvgIpc) is 2.57. The smallest absolute Gasteiger partial charge is 0.177 e. The highest BCUT2D eigenvalue weighted by atomic mass is 32.1. The summed E-state index contributed by atoms with van der Waals surface area (Å²) in [5.74, 6) is 0. The largest absolute Gasteiger partial charge is 0.332 e. The Hall–Kier alpha value is -1.61. The summed E-state index contributed by atoms with van der Waals surface area (Å²) >= 11 is 5.19. The van der Waals surface area contributed by atoms with Crippen molar-refractivity contribution in [3.63, 3.8) is 0 Å². The van der Waals surface area contributed by atoms with Crippen LogP contribution in [-0.4, -0.2) is 9.55 Å². The molecule has 2 aliphatic rings. The lowest BCUT2D eigenvalue weighted by atomic mass is 10.2. The van der Waals surface area contributed by atoms with E-state index in [1.807, 2.05) is 11.6 Å². The second kappa shape index (κ2) is 2.94. The third-order valence-corrected chi connectivity index (χ3v) is 3.12. The van der Waals surface area contributed by atoms with Crippen molar-refractivity contribution in [3.8, 4) is 11.3 Å². The minimum Gasteiger partial charge on any atom is -0.332 e. The van der Waals surface area contributed by atoms with Crippen LogP contribution in [0.25, 0.3) is 22.0 Å². The van der Waals surface area contributed by atoms with E-state index in [1.165, 1.54) is 16.3 Å². The van der Waals surface area contributed by atoms with Gasteiger partial charge < -0.3 is 9.55 Å². The van der Waals surface area contributed by atoms with E-state index < -0.39 is 0 Å². The van der Waals surface area contributed by atoms with Crippen LogP contribution in [0.2, 0.25) is 0 Å². The van der Waals surface area contributed by atoms with E-state index in [1.54, 1.807) is 0 Å². The number of nitrogens with one attached hydrogen (secondary N) is 1. The second-order valence-corrected chi connectivity index (χ2v) is 4.12. The summed E-state index contributed by atoms with van der Waals surface area (Å²) in [7, 11) is 1.96. The van der Waals surface area contributed by atoms with E-state index in [2.05, 4.69) is 41.5 Å². The lowest BCUT2D eigenvalue weighted by Gasteiger charge is -2.04. The van der Waals surface area contributed by atoms with Gasteiger partial charge in [0.15, 0.2) is 4.77 Å². The number of hydrogen-bond donors (Lipinski definition) is 1. The number of nitrogens with zero attached hydrogens (tertiary/aromatic N) is 1. The molecule has 0 amide bonds. The Kier molecular flexibility index (Phi) is 1.70. The molecular weight excluding hydrogens is 204 g/mol. The Labute approximate surface area is 92.5 Å². The highest BCUT2D eigenvalue weighted by molar-refractivity contribution is 7.71. The van der Waals surface area contributed by atoms with Crippen LogP contribution in [0.5, 0.6) is 0 Å². The van der Waals surface area contributed by atoms with Crippen LogP contribution < -0.4 is 0 Å². The number of benzene rings is 1. The van der Waals surface area contributed by atoms with E-state index in [-0.39, 0.29) is 0 Å². The molecule has 0 fully saturated rings. The summed E-state index contributed by atoms with van der Waals surface area (Å²) in [5.41, 5.74) is 2.33. The molecule has 1 aliphatic carbocycles. The predicted molar refractivity (Wildman–Crippen MR) is 64.7 cm³/mol. The Morgan fingerprint density at radius 3 is 2.93 bits per heavy atom. The molecule has 1 N–H and O–H groups in total. The molecular formula is C12H10N2S. The molecule has 1 heterocycles. The molecule has 15 heavy (non-hydrogen) atoms. The maximum absolute atomic E-state index is 5.19. The molecule has 0 aromatic heterocycles. The molecule has 0 bridgehead atoms. The van der Waals surface area contributed by atoms with Crippen molar-refractivity contribution in [2.24, 2.45) is 7.05 Å². The number of hydrogen-bond acceptors (Lipinski definition) is 1. The van der Waals surface area contributed by atoms with Gasteiger partial charge in [-0.1, -0.05) is 24.3 Å². The standard InChI is InChI=1S/C12H10N2S/c1-14-7-10-9-5-3-2-4-8(9)6-11(10)13-12(14)15/h2-7H,1H3,(H,13,15). The molecule has 0 saturated heterocycles. The van der Waals surface area contributed by atoms with Gasteiger partial charge >= 0.3 is 0 Å². The van der Waals surface area contributed by atoms with Gasteiger partial charge in [0, 0.05) is 18.8 Å². The fourth-order valence-corrected chi connectivity index (χ4v) is 2.11. The minimum absolute atomic E-state index is 0.748. The van der Waals surface area contributed by atoms with Crippen LogP contribution >= 0.6 is 12.2 Å². The van der Waals surface area contributed by atoms with Crippen LogP contribution in [-0.2, 0) is 7.05 Å². The summed E-state index contributed by atoms with van der Waals surface area (Å²) in [4.78, 5) is 3.23. The van der Waals surface area contributed by atoms with E-state index in [0.29, 0.717) is 0 Å². The first-order chi connectivity index (χ1) is 7.25. The third kappa shape index (κ3) is 1.20. The van der Waals surface area contributed by atoms with E-state index in [4.69, 9.17) is 12.2 Å². The van der Waals surface area contributed by atoms with Crippen LogP contribution in [0.4, 0.5) is 0 Å². The number of rotatable bonds is 0. The first-order valence-electron chi connectivity index (χ1n) is 4.83. The minimum atomic E-state index is 0.748. The lowest BCUT2D eigenvalue weighted by Crippen LogP contribution is -1.96. The van der Waals surface area contributed by atoms with Gasteiger partial charge in [0.1, 0.15) is 0 Å². The predicted octanol–water partition coefficient (Wildman–Crippen LogP) is 3.34. The monoisotopic (exact) mass is 214 g/mol. The molecule has 2 nitrogen and oxygen atoms in total. The fraction of sp³-hybridized carbons (Fsp3) is 0.0833. The topological polar surface area (TPSA) is 20.7 Å². The molecule has 0 atom stereocenters. The SMILES string of the molecule is Cn1cc2c3ccccc3cc-2[nH]c1=S. The van der Waals surface area contributed by atoms with Gasteiger partial charge in [-0.25, -0.2) is 0 Å². The Balaban J connectivity index is 2.55. The summed E-state index contributed by atoms with van der Waals surface area (Å²) in [6.07, 6.45) is 2.08. The van der Waals surface area contributed by atoms with E-state index in [0.717, 1.165) is 10.5 Å². The van der Waals surface area contributed by atoms with Crippen LogP contribution in [0.15, 0.2) is 36.5 Å². The molecule has 0 spiro atoms. The normalized spacial score (nSPS) is 11.3. The van der Waals surface area contributed by atoms with Gasteiger partial charge in [0.2, 0.25) is 0 Å². The third-order valence-electron chi connectivity index (χ3n) is 2.73.